The summed E-state index contributed by atoms with van der Waals surface area (Å²) < 4.78 is 0. The number of benzene rings is 3. The summed E-state index contributed by atoms with van der Waals surface area (Å²) in [6.07, 6.45) is 0.290. The van der Waals surface area contributed by atoms with Gasteiger partial charge in [-0.15, -0.1) is 0 Å². The van der Waals surface area contributed by atoms with Crippen LogP contribution in [0.3, 0.4) is 0 Å². The van der Waals surface area contributed by atoms with Crippen LogP contribution in [-0.4, -0.2) is 40.4 Å². The van der Waals surface area contributed by atoms with E-state index in [1.807, 2.05) is 24.3 Å². The summed E-state index contributed by atoms with van der Waals surface area (Å²) in [5.74, 6) is -3.58. The number of hydrogen-bond acceptors (Lipinski definition) is 4. The Morgan fingerprint density at radius 1 is 0.833 bits per heavy atom. The van der Waals surface area contributed by atoms with Gasteiger partial charge < -0.3 is 15.5 Å². The standard InChI is InChI=1S/C28H26ClNO6/c29-24-12-10-20(11-13-24)19-6-8-21(9-7-19)25(31)17-23(28(35)36)5-4-18-2-1-3-22(16-18)27(34)30-15-14-26(32)33/h1-3,6-13,16,23H,4-5,14-15,17H2,(H,30,34)(H,32,33)(H,35,36). The van der Waals surface area contributed by atoms with Gasteiger partial charge in [0.15, 0.2) is 5.78 Å². The van der Waals surface area contributed by atoms with Crippen molar-refractivity contribution in [2.24, 2.45) is 5.92 Å². The quantitative estimate of drug-likeness (QED) is 0.293. The average molecular weight is 508 g/mol. The number of hydrogen-bond donors (Lipinski definition) is 3. The van der Waals surface area contributed by atoms with E-state index in [-0.39, 0.29) is 31.6 Å². The Morgan fingerprint density at radius 3 is 2.08 bits per heavy atom. The van der Waals surface area contributed by atoms with Crippen molar-refractivity contribution in [2.75, 3.05) is 6.54 Å². The molecular weight excluding hydrogens is 482 g/mol. The fraction of sp³-hybridized carbons (Fsp3) is 0.214. The Kier molecular flexibility index (Phi) is 9.36. The van der Waals surface area contributed by atoms with E-state index >= 15 is 0 Å². The molecule has 186 valence electrons. The van der Waals surface area contributed by atoms with E-state index in [0.717, 1.165) is 16.7 Å². The van der Waals surface area contributed by atoms with Crippen LogP contribution in [0.1, 0.15) is 45.5 Å². The molecule has 7 nitrogen and oxygen atoms in total. The smallest absolute Gasteiger partial charge is 0.306 e. The van der Waals surface area contributed by atoms with Gasteiger partial charge in [-0.25, -0.2) is 0 Å². The number of carbonyl (C=O) groups is 4. The minimum atomic E-state index is -1.05. The van der Waals surface area contributed by atoms with E-state index in [2.05, 4.69) is 5.32 Å². The van der Waals surface area contributed by atoms with Crippen molar-refractivity contribution in [1.82, 2.24) is 5.32 Å². The highest BCUT2D eigenvalue weighted by atomic mass is 35.5. The molecule has 0 aliphatic carbocycles. The van der Waals surface area contributed by atoms with Crippen LogP contribution in [0.4, 0.5) is 0 Å². The number of aryl methyl sites for hydroxylation is 1. The van der Waals surface area contributed by atoms with E-state index in [9.17, 15) is 24.3 Å². The first kappa shape index (κ1) is 26.6. The van der Waals surface area contributed by atoms with E-state index in [0.29, 0.717) is 22.6 Å². The largest absolute Gasteiger partial charge is 0.481 e. The second-order valence-corrected chi connectivity index (χ2v) is 8.82. The molecule has 0 spiro atoms. The van der Waals surface area contributed by atoms with Crippen molar-refractivity contribution in [2.45, 2.75) is 25.7 Å². The highest BCUT2D eigenvalue weighted by Crippen LogP contribution is 2.23. The summed E-state index contributed by atoms with van der Waals surface area (Å²) in [6, 6.07) is 21.1. The number of carbonyl (C=O) groups excluding carboxylic acids is 2. The lowest BCUT2D eigenvalue weighted by Gasteiger charge is -2.13. The molecule has 3 N–H and O–H groups in total. The molecule has 0 aliphatic heterocycles. The molecule has 3 rings (SSSR count). The van der Waals surface area contributed by atoms with Crippen molar-refractivity contribution in [3.8, 4) is 11.1 Å². The minimum absolute atomic E-state index is 0.0161. The zero-order valence-electron chi connectivity index (χ0n) is 19.4. The summed E-state index contributed by atoms with van der Waals surface area (Å²) in [7, 11) is 0. The van der Waals surface area contributed by atoms with Gasteiger partial charge in [-0.2, -0.15) is 0 Å². The Hall–Kier alpha value is -3.97. The number of rotatable bonds is 12. The molecule has 0 fully saturated rings. The summed E-state index contributed by atoms with van der Waals surface area (Å²) in [6.45, 7) is 0.0161. The highest BCUT2D eigenvalue weighted by Gasteiger charge is 2.22. The van der Waals surface area contributed by atoms with Crippen LogP contribution in [-0.2, 0) is 16.0 Å². The normalized spacial score (nSPS) is 11.5. The lowest BCUT2D eigenvalue weighted by atomic mass is 9.91. The molecule has 1 amide bonds. The van der Waals surface area contributed by atoms with Crippen LogP contribution in [0.15, 0.2) is 72.8 Å². The molecule has 3 aromatic carbocycles. The molecular formula is C28H26ClNO6. The molecule has 0 saturated heterocycles. The molecule has 0 bridgehead atoms. The Balaban J connectivity index is 1.59. The molecule has 3 aromatic rings. The fourth-order valence-electron chi connectivity index (χ4n) is 3.74. The second kappa shape index (κ2) is 12.7. The lowest BCUT2D eigenvalue weighted by molar-refractivity contribution is -0.142. The van der Waals surface area contributed by atoms with Gasteiger partial charge in [-0.1, -0.05) is 60.1 Å². The van der Waals surface area contributed by atoms with Gasteiger partial charge in [0.25, 0.3) is 5.91 Å². The van der Waals surface area contributed by atoms with Crippen molar-refractivity contribution in [3.05, 3.63) is 94.5 Å². The SMILES string of the molecule is O=C(O)CCNC(=O)c1cccc(CCC(CC(=O)c2ccc(-c3ccc(Cl)cc3)cc2)C(=O)O)c1. The molecule has 0 saturated carbocycles. The third-order valence-electron chi connectivity index (χ3n) is 5.76. The molecule has 8 heteroatoms. The van der Waals surface area contributed by atoms with Crippen LogP contribution >= 0.6 is 11.6 Å². The number of halogens is 1. The Morgan fingerprint density at radius 2 is 1.47 bits per heavy atom. The van der Waals surface area contributed by atoms with Gasteiger partial charge >= 0.3 is 11.9 Å². The van der Waals surface area contributed by atoms with Gasteiger partial charge in [-0.05, 0) is 53.8 Å². The predicted octanol–water partition coefficient (Wildman–Crippen LogP) is 5.12. The van der Waals surface area contributed by atoms with Gasteiger partial charge in [0.05, 0.1) is 12.3 Å². The van der Waals surface area contributed by atoms with Crippen molar-refractivity contribution in [1.29, 1.82) is 0 Å². The topological polar surface area (TPSA) is 121 Å². The molecule has 0 aromatic heterocycles. The maximum atomic E-state index is 12.8. The first-order valence-corrected chi connectivity index (χ1v) is 11.8. The number of Topliss-reactive ketones (excluding diaryl/α,β-unsaturated/α-hetero) is 1. The van der Waals surface area contributed by atoms with E-state index in [1.54, 1.807) is 48.5 Å². The van der Waals surface area contributed by atoms with E-state index in [1.165, 1.54) is 0 Å². The summed E-state index contributed by atoms with van der Waals surface area (Å²) in [5.41, 5.74) is 3.44. The van der Waals surface area contributed by atoms with Crippen LogP contribution in [0.25, 0.3) is 11.1 Å². The maximum Gasteiger partial charge on any atom is 0.306 e. The molecule has 0 radical (unpaired) electrons. The van der Waals surface area contributed by atoms with Gasteiger partial charge in [0.2, 0.25) is 0 Å². The number of carboxylic acid groups (broad SMARTS) is 2. The zero-order valence-corrected chi connectivity index (χ0v) is 20.2. The second-order valence-electron chi connectivity index (χ2n) is 8.39. The Bertz CT molecular complexity index is 1240. The van der Waals surface area contributed by atoms with Crippen LogP contribution < -0.4 is 5.32 Å². The van der Waals surface area contributed by atoms with Crippen LogP contribution in [0.5, 0.6) is 0 Å². The van der Waals surface area contributed by atoms with Crippen molar-refractivity contribution < 1.29 is 29.4 Å². The monoisotopic (exact) mass is 507 g/mol. The van der Waals surface area contributed by atoms with E-state index < -0.39 is 23.8 Å². The van der Waals surface area contributed by atoms with Crippen LogP contribution in [0.2, 0.25) is 5.02 Å². The zero-order chi connectivity index (χ0) is 26.1. The number of amides is 1. The molecule has 36 heavy (non-hydrogen) atoms. The third kappa shape index (κ3) is 7.78. The number of ketones is 1. The minimum Gasteiger partial charge on any atom is -0.481 e. The summed E-state index contributed by atoms with van der Waals surface area (Å²) in [5, 5.41) is 21.5. The Labute approximate surface area is 213 Å². The van der Waals surface area contributed by atoms with Gasteiger partial charge in [-0.3, -0.25) is 19.2 Å². The molecule has 0 heterocycles. The third-order valence-corrected chi connectivity index (χ3v) is 6.01. The average Bonchev–Trinajstić information content (AvgIpc) is 2.86. The van der Waals surface area contributed by atoms with Gasteiger partial charge in [0.1, 0.15) is 0 Å². The molecule has 1 unspecified atom stereocenters. The molecule has 0 aliphatic rings. The summed E-state index contributed by atoms with van der Waals surface area (Å²) in [4.78, 5) is 47.4. The molecule has 1 atom stereocenters. The first-order valence-electron chi connectivity index (χ1n) is 11.4. The number of nitrogens with one attached hydrogen (secondary N) is 1. The van der Waals surface area contributed by atoms with Crippen molar-refractivity contribution in [3.63, 3.8) is 0 Å². The summed E-state index contributed by atoms with van der Waals surface area (Å²) >= 11 is 5.93. The predicted molar refractivity (Wildman–Crippen MR) is 136 cm³/mol. The van der Waals surface area contributed by atoms with Crippen LogP contribution in [0, 0.1) is 5.92 Å². The lowest BCUT2D eigenvalue weighted by Crippen LogP contribution is -2.26. The van der Waals surface area contributed by atoms with Gasteiger partial charge in [0, 0.05) is 29.1 Å². The maximum absolute atomic E-state index is 12.8. The number of aliphatic carboxylic acids is 2. The van der Waals surface area contributed by atoms with Crippen molar-refractivity contribution >= 4 is 35.2 Å². The fourth-order valence-corrected chi connectivity index (χ4v) is 3.87. The highest BCUT2D eigenvalue weighted by molar-refractivity contribution is 6.30. The van der Waals surface area contributed by atoms with E-state index in [4.69, 9.17) is 16.7 Å². The first-order chi connectivity index (χ1) is 17.2. The number of carboxylic acids is 2.